The molecule has 14 heavy (non-hydrogen) atoms. The molecule has 1 aliphatic heterocycles. The van der Waals surface area contributed by atoms with Gasteiger partial charge in [-0.2, -0.15) is 0 Å². The summed E-state index contributed by atoms with van der Waals surface area (Å²) in [5.74, 6) is 0.234. The standard InChI is InChI=1S/C12H13NO/c14-12-7-4-9-13(12)10-8-11-5-2-1-3-6-11/h1-3,5-6,8,10H,4,7,9H2/b10-8-. The summed E-state index contributed by atoms with van der Waals surface area (Å²) in [7, 11) is 0. The summed E-state index contributed by atoms with van der Waals surface area (Å²) in [6.45, 7) is 0.863. The van der Waals surface area contributed by atoms with Crippen molar-refractivity contribution in [2.75, 3.05) is 6.54 Å². The van der Waals surface area contributed by atoms with Crippen LogP contribution in [0.2, 0.25) is 0 Å². The van der Waals surface area contributed by atoms with Gasteiger partial charge in [0.15, 0.2) is 0 Å². The number of carbonyl (C=O) groups excluding carboxylic acids is 1. The second-order valence-corrected chi connectivity index (χ2v) is 3.42. The molecule has 1 heterocycles. The topological polar surface area (TPSA) is 20.3 Å². The molecule has 0 saturated carbocycles. The quantitative estimate of drug-likeness (QED) is 0.695. The number of carbonyl (C=O) groups is 1. The van der Waals surface area contributed by atoms with E-state index in [1.807, 2.05) is 42.6 Å². The molecule has 2 rings (SSSR count). The number of hydrogen-bond donors (Lipinski definition) is 0. The van der Waals surface area contributed by atoms with Gasteiger partial charge >= 0.3 is 0 Å². The Morgan fingerprint density at radius 1 is 1.21 bits per heavy atom. The fraction of sp³-hybridized carbons (Fsp3) is 0.250. The lowest BCUT2D eigenvalue weighted by Crippen LogP contribution is -2.16. The number of hydrogen-bond acceptors (Lipinski definition) is 1. The maximum Gasteiger partial charge on any atom is 0.226 e. The van der Waals surface area contributed by atoms with Crippen molar-refractivity contribution in [1.29, 1.82) is 0 Å². The number of likely N-dealkylation sites (tertiary alicyclic amines) is 1. The van der Waals surface area contributed by atoms with E-state index in [-0.39, 0.29) is 5.91 Å². The third-order valence-corrected chi connectivity index (χ3v) is 2.36. The van der Waals surface area contributed by atoms with Crippen LogP contribution in [-0.4, -0.2) is 17.4 Å². The lowest BCUT2D eigenvalue weighted by Gasteiger charge is -2.07. The molecule has 1 fully saturated rings. The Balaban J connectivity index is 2.03. The Morgan fingerprint density at radius 3 is 2.64 bits per heavy atom. The van der Waals surface area contributed by atoms with Crippen LogP contribution in [0, 0.1) is 0 Å². The van der Waals surface area contributed by atoms with E-state index in [4.69, 9.17) is 0 Å². The van der Waals surface area contributed by atoms with Gasteiger partial charge in [0.1, 0.15) is 0 Å². The van der Waals surface area contributed by atoms with Gasteiger partial charge in [-0.15, -0.1) is 0 Å². The highest BCUT2D eigenvalue weighted by Gasteiger charge is 2.16. The molecule has 0 aliphatic carbocycles. The first-order valence-electron chi connectivity index (χ1n) is 4.89. The molecule has 72 valence electrons. The fourth-order valence-corrected chi connectivity index (χ4v) is 1.57. The zero-order chi connectivity index (χ0) is 9.80. The molecule has 2 nitrogen and oxygen atoms in total. The SMILES string of the molecule is O=C1CCCN1/C=C\c1ccccc1. The van der Waals surface area contributed by atoms with Crippen LogP contribution in [-0.2, 0) is 4.79 Å². The summed E-state index contributed by atoms with van der Waals surface area (Å²) in [5.41, 5.74) is 1.13. The molecule has 1 amide bonds. The minimum absolute atomic E-state index is 0.234. The smallest absolute Gasteiger partial charge is 0.226 e. The van der Waals surface area contributed by atoms with Gasteiger partial charge in [-0.25, -0.2) is 0 Å². The molecule has 2 heteroatoms. The zero-order valence-electron chi connectivity index (χ0n) is 8.02. The number of amides is 1. The summed E-state index contributed by atoms with van der Waals surface area (Å²) in [6, 6.07) is 10.0. The highest BCUT2D eigenvalue weighted by Crippen LogP contribution is 2.11. The lowest BCUT2D eigenvalue weighted by atomic mass is 10.2. The Hall–Kier alpha value is -1.57. The normalized spacial score (nSPS) is 16.9. The van der Waals surface area contributed by atoms with Gasteiger partial charge in [0.05, 0.1) is 0 Å². The maximum atomic E-state index is 11.3. The lowest BCUT2D eigenvalue weighted by molar-refractivity contribution is -0.125. The van der Waals surface area contributed by atoms with Gasteiger partial charge in [-0.3, -0.25) is 4.79 Å². The molecule has 0 N–H and O–H groups in total. The van der Waals surface area contributed by atoms with Crippen molar-refractivity contribution in [3.63, 3.8) is 0 Å². The first-order chi connectivity index (χ1) is 6.86. The van der Waals surface area contributed by atoms with Crippen molar-refractivity contribution in [2.45, 2.75) is 12.8 Å². The predicted octanol–water partition coefficient (Wildman–Crippen LogP) is 2.28. The fourth-order valence-electron chi connectivity index (χ4n) is 1.57. The van der Waals surface area contributed by atoms with E-state index < -0.39 is 0 Å². The van der Waals surface area contributed by atoms with E-state index >= 15 is 0 Å². The van der Waals surface area contributed by atoms with Crippen LogP contribution in [0.1, 0.15) is 18.4 Å². The molecule has 1 aliphatic rings. The van der Waals surface area contributed by atoms with Gasteiger partial charge in [0.25, 0.3) is 0 Å². The molecular weight excluding hydrogens is 174 g/mol. The molecule has 0 radical (unpaired) electrons. The highest BCUT2D eigenvalue weighted by molar-refractivity contribution is 5.79. The molecule has 0 aromatic heterocycles. The van der Waals surface area contributed by atoms with Crippen LogP contribution in [0.25, 0.3) is 6.08 Å². The summed E-state index contributed by atoms with van der Waals surface area (Å²) < 4.78 is 0. The Labute approximate surface area is 83.8 Å². The van der Waals surface area contributed by atoms with Gasteiger partial charge in [-0.1, -0.05) is 30.3 Å². The van der Waals surface area contributed by atoms with Crippen LogP contribution in [0.3, 0.4) is 0 Å². The van der Waals surface area contributed by atoms with Gasteiger partial charge in [-0.05, 0) is 18.1 Å². The van der Waals surface area contributed by atoms with Crippen LogP contribution in [0.15, 0.2) is 36.5 Å². The van der Waals surface area contributed by atoms with Crippen LogP contribution >= 0.6 is 0 Å². The molecule has 1 aromatic carbocycles. The van der Waals surface area contributed by atoms with Crippen molar-refractivity contribution >= 4 is 12.0 Å². The van der Waals surface area contributed by atoms with Crippen molar-refractivity contribution in [3.05, 3.63) is 42.1 Å². The van der Waals surface area contributed by atoms with Crippen LogP contribution in [0.5, 0.6) is 0 Å². The van der Waals surface area contributed by atoms with E-state index in [0.717, 1.165) is 18.5 Å². The van der Waals surface area contributed by atoms with E-state index in [9.17, 15) is 4.79 Å². The van der Waals surface area contributed by atoms with Crippen molar-refractivity contribution in [1.82, 2.24) is 4.90 Å². The van der Waals surface area contributed by atoms with Crippen molar-refractivity contribution < 1.29 is 4.79 Å². The van der Waals surface area contributed by atoms with Gasteiger partial charge in [0.2, 0.25) is 5.91 Å². The van der Waals surface area contributed by atoms with E-state index in [1.54, 1.807) is 4.90 Å². The monoisotopic (exact) mass is 187 g/mol. The maximum absolute atomic E-state index is 11.3. The molecule has 0 bridgehead atoms. The average Bonchev–Trinajstić information content (AvgIpc) is 2.63. The van der Waals surface area contributed by atoms with Gasteiger partial charge < -0.3 is 4.90 Å². The van der Waals surface area contributed by atoms with Crippen molar-refractivity contribution in [2.24, 2.45) is 0 Å². The molecule has 0 unspecified atom stereocenters. The third-order valence-electron chi connectivity index (χ3n) is 2.36. The Kier molecular flexibility index (Phi) is 2.63. The predicted molar refractivity (Wildman–Crippen MR) is 56.4 cm³/mol. The summed E-state index contributed by atoms with van der Waals surface area (Å²) in [4.78, 5) is 13.1. The molecular formula is C12H13NO. The first-order valence-corrected chi connectivity index (χ1v) is 4.89. The number of rotatable bonds is 2. The third kappa shape index (κ3) is 2.02. The second kappa shape index (κ2) is 4.09. The Morgan fingerprint density at radius 2 is 2.00 bits per heavy atom. The van der Waals surface area contributed by atoms with E-state index in [0.29, 0.717) is 6.42 Å². The van der Waals surface area contributed by atoms with Crippen molar-refractivity contribution in [3.8, 4) is 0 Å². The van der Waals surface area contributed by atoms with Crippen LogP contribution in [0.4, 0.5) is 0 Å². The van der Waals surface area contributed by atoms with Gasteiger partial charge in [0, 0.05) is 19.2 Å². The summed E-state index contributed by atoms with van der Waals surface area (Å²) in [6.07, 6.45) is 5.53. The molecule has 0 spiro atoms. The largest absolute Gasteiger partial charge is 0.319 e. The molecule has 1 saturated heterocycles. The van der Waals surface area contributed by atoms with Crippen LogP contribution < -0.4 is 0 Å². The zero-order valence-corrected chi connectivity index (χ0v) is 8.02. The van der Waals surface area contributed by atoms with E-state index in [2.05, 4.69) is 0 Å². The minimum atomic E-state index is 0.234. The minimum Gasteiger partial charge on any atom is -0.319 e. The summed E-state index contributed by atoms with van der Waals surface area (Å²) >= 11 is 0. The summed E-state index contributed by atoms with van der Waals surface area (Å²) in [5, 5.41) is 0. The number of nitrogens with zero attached hydrogens (tertiary/aromatic N) is 1. The highest BCUT2D eigenvalue weighted by atomic mass is 16.2. The number of benzene rings is 1. The Bertz CT molecular complexity index is 343. The molecule has 1 aromatic rings. The average molecular weight is 187 g/mol. The first kappa shape index (κ1) is 9.00. The molecule has 0 atom stereocenters. The van der Waals surface area contributed by atoms with E-state index in [1.165, 1.54) is 0 Å². The second-order valence-electron chi connectivity index (χ2n) is 3.42.